The van der Waals surface area contributed by atoms with Crippen molar-refractivity contribution in [1.82, 2.24) is 4.90 Å². The van der Waals surface area contributed by atoms with Gasteiger partial charge < -0.3 is 14.4 Å². The topological polar surface area (TPSA) is 38.8 Å². The molecule has 0 unspecified atom stereocenters. The average Bonchev–Trinajstić information content (AvgIpc) is 2.67. The van der Waals surface area contributed by atoms with Crippen molar-refractivity contribution in [3.8, 4) is 11.5 Å². The zero-order valence-electron chi connectivity index (χ0n) is 14.8. The standard InChI is InChI=1S/C21H22FNO3/c1-3-11-23(13-15-7-9-18(22)10-8-15)21(24)17-12-16-5-4-6-19(25-2)20(16)26-14-17/h3-10,17H,1,11-14H2,2H3/t17-/m0/s1. The molecule has 0 aliphatic carbocycles. The third-order valence-electron chi connectivity index (χ3n) is 4.47. The van der Waals surface area contributed by atoms with E-state index in [9.17, 15) is 9.18 Å². The Morgan fingerprint density at radius 1 is 1.35 bits per heavy atom. The highest BCUT2D eigenvalue weighted by Crippen LogP contribution is 2.36. The number of hydrogen-bond donors (Lipinski definition) is 0. The van der Waals surface area contributed by atoms with E-state index in [2.05, 4.69) is 6.58 Å². The molecule has 0 spiro atoms. The van der Waals surface area contributed by atoms with Gasteiger partial charge in [0.05, 0.1) is 13.0 Å². The number of ether oxygens (including phenoxy) is 2. The highest BCUT2D eigenvalue weighted by molar-refractivity contribution is 5.80. The van der Waals surface area contributed by atoms with E-state index < -0.39 is 0 Å². The lowest BCUT2D eigenvalue weighted by Gasteiger charge is -2.30. The lowest BCUT2D eigenvalue weighted by Crippen LogP contribution is -2.40. The third-order valence-corrected chi connectivity index (χ3v) is 4.47. The van der Waals surface area contributed by atoms with Gasteiger partial charge >= 0.3 is 0 Å². The Hall–Kier alpha value is -2.82. The molecule has 3 rings (SSSR count). The third kappa shape index (κ3) is 3.87. The van der Waals surface area contributed by atoms with Crippen LogP contribution in [0.15, 0.2) is 55.1 Å². The van der Waals surface area contributed by atoms with E-state index in [1.165, 1.54) is 12.1 Å². The summed E-state index contributed by atoms with van der Waals surface area (Å²) in [7, 11) is 1.60. The summed E-state index contributed by atoms with van der Waals surface area (Å²) < 4.78 is 24.2. The Morgan fingerprint density at radius 2 is 2.12 bits per heavy atom. The fraction of sp³-hybridized carbons (Fsp3) is 0.286. The van der Waals surface area contributed by atoms with Crippen LogP contribution in [0.25, 0.3) is 0 Å². The summed E-state index contributed by atoms with van der Waals surface area (Å²) in [6.45, 7) is 4.89. The van der Waals surface area contributed by atoms with E-state index in [0.717, 1.165) is 11.1 Å². The Morgan fingerprint density at radius 3 is 2.81 bits per heavy atom. The Bertz CT molecular complexity index is 788. The first-order chi connectivity index (χ1) is 12.6. The van der Waals surface area contributed by atoms with E-state index in [1.54, 1.807) is 30.2 Å². The normalized spacial score (nSPS) is 15.5. The number of amides is 1. The van der Waals surface area contributed by atoms with Crippen LogP contribution in [-0.4, -0.2) is 31.1 Å². The van der Waals surface area contributed by atoms with Crippen molar-refractivity contribution in [2.75, 3.05) is 20.3 Å². The molecule has 1 atom stereocenters. The molecule has 0 N–H and O–H groups in total. The molecular weight excluding hydrogens is 333 g/mol. The summed E-state index contributed by atoms with van der Waals surface area (Å²) >= 11 is 0. The number of fused-ring (bicyclic) bond motifs is 1. The van der Waals surface area contributed by atoms with E-state index >= 15 is 0 Å². The summed E-state index contributed by atoms with van der Waals surface area (Å²) in [5, 5.41) is 0. The minimum absolute atomic E-state index is 0.00250. The highest BCUT2D eigenvalue weighted by Gasteiger charge is 2.30. The molecule has 0 aromatic heterocycles. The van der Waals surface area contributed by atoms with Gasteiger partial charge in [0.25, 0.3) is 0 Å². The number of carbonyl (C=O) groups excluding carboxylic acids is 1. The van der Waals surface area contributed by atoms with Crippen LogP contribution in [-0.2, 0) is 17.8 Å². The molecule has 5 heteroatoms. The smallest absolute Gasteiger partial charge is 0.230 e. The number of carbonyl (C=O) groups is 1. The zero-order valence-corrected chi connectivity index (χ0v) is 14.8. The van der Waals surface area contributed by atoms with Crippen LogP contribution in [0, 0.1) is 11.7 Å². The van der Waals surface area contributed by atoms with Crippen molar-refractivity contribution in [2.45, 2.75) is 13.0 Å². The maximum Gasteiger partial charge on any atom is 0.230 e. The van der Waals surface area contributed by atoms with Gasteiger partial charge in [-0.3, -0.25) is 4.79 Å². The van der Waals surface area contributed by atoms with Gasteiger partial charge in [-0.15, -0.1) is 6.58 Å². The van der Waals surface area contributed by atoms with Crippen LogP contribution >= 0.6 is 0 Å². The molecule has 1 aliphatic heterocycles. The fourth-order valence-corrected chi connectivity index (χ4v) is 3.17. The number of para-hydroxylation sites is 1. The number of methoxy groups -OCH3 is 1. The maximum absolute atomic E-state index is 13.1. The fourth-order valence-electron chi connectivity index (χ4n) is 3.17. The van der Waals surface area contributed by atoms with Crippen LogP contribution in [0.1, 0.15) is 11.1 Å². The van der Waals surface area contributed by atoms with Crippen LogP contribution in [0.2, 0.25) is 0 Å². The predicted octanol–water partition coefficient (Wildman–Crippen LogP) is 3.60. The average molecular weight is 355 g/mol. The second-order valence-electron chi connectivity index (χ2n) is 6.29. The quantitative estimate of drug-likeness (QED) is 0.743. The van der Waals surface area contributed by atoms with Gasteiger partial charge in [-0.25, -0.2) is 4.39 Å². The molecule has 2 aromatic carbocycles. The first-order valence-electron chi connectivity index (χ1n) is 8.55. The van der Waals surface area contributed by atoms with Gasteiger partial charge in [0, 0.05) is 13.1 Å². The predicted molar refractivity (Wildman–Crippen MR) is 97.7 cm³/mol. The molecule has 2 aromatic rings. The van der Waals surface area contributed by atoms with Gasteiger partial charge in [-0.05, 0) is 35.7 Å². The summed E-state index contributed by atoms with van der Waals surface area (Å²) in [6.07, 6.45) is 2.30. The summed E-state index contributed by atoms with van der Waals surface area (Å²) in [5.41, 5.74) is 1.84. The van der Waals surface area contributed by atoms with Crippen molar-refractivity contribution in [3.63, 3.8) is 0 Å². The number of halogens is 1. The van der Waals surface area contributed by atoms with Gasteiger partial charge in [-0.1, -0.05) is 30.3 Å². The molecule has 1 heterocycles. The molecule has 0 saturated carbocycles. The molecule has 136 valence electrons. The molecule has 0 bridgehead atoms. The number of hydrogen-bond acceptors (Lipinski definition) is 3. The molecule has 1 aliphatic rings. The number of rotatable bonds is 6. The lowest BCUT2D eigenvalue weighted by molar-refractivity contribution is -0.137. The molecule has 0 fully saturated rings. The number of nitrogens with zero attached hydrogens (tertiary/aromatic N) is 1. The lowest BCUT2D eigenvalue weighted by atomic mass is 9.95. The van der Waals surface area contributed by atoms with E-state index in [1.807, 2.05) is 18.2 Å². The van der Waals surface area contributed by atoms with Crippen LogP contribution in [0.3, 0.4) is 0 Å². The van der Waals surface area contributed by atoms with Crippen molar-refractivity contribution >= 4 is 5.91 Å². The first-order valence-corrected chi connectivity index (χ1v) is 8.55. The number of benzene rings is 2. The summed E-state index contributed by atoms with van der Waals surface area (Å²) in [6, 6.07) is 11.9. The largest absolute Gasteiger partial charge is 0.493 e. The second-order valence-corrected chi connectivity index (χ2v) is 6.29. The Balaban J connectivity index is 1.75. The SMILES string of the molecule is C=CCN(Cc1ccc(F)cc1)C(=O)[C@@H]1COc2c(cccc2OC)C1. The van der Waals surface area contributed by atoms with Crippen molar-refractivity contribution < 1.29 is 18.7 Å². The van der Waals surface area contributed by atoms with Gasteiger partial charge in [0.1, 0.15) is 12.4 Å². The van der Waals surface area contributed by atoms with E-state index in [0.29, 0.717) is 37.6 Å². The van der Waals surface area contributed by atoms with Crippen LogP contribution < -0.4 is 9.47 Å². The maximum atomic E-state index is 13.1. The molecule has 26 heavy (non-hydrogen) atoms. The Kier molecular flexibility index (Phi) is 5.56. The molecule has 1 amide bonds. The first kappa shape index (κ1) is 18.0. The zero-order chi connectivity index (χ0) is 18.5. The van der Waals surface area contributed by atoms with Crippen molar-refractivity contribution in [1.29, 1.82) is 0 Å². The van der Waals surface area contributed by atoms with Gasteiger partial charge in [0.2, 0.25) is 5.91 Å². The van der Waals surface area contributed by atoms with Crippen molar-refractivity contribution in [3.05, 3.63) is 72.1 Å². The molecule has 0 saturated heterocycles. The van der Waals surface area contributed by atoms with Crippen molar-refractivity contribution in [2.24, 2.45) is 5.92 Å². The van der Waals surface area contributed by atoms with E-state index in [-0.39, 0.29) is 17.6 Å². The van der Waals surface area contributed by atoms with Gasteiger partial charge in [0.15, 0.2) is 11.5 Å². The van der Waals surface area contributed by atoms with Crippen LogP contribution in [0.4, 0.5) is 4.39 Å². The summed E-state index contributed by atoms with van der Waals surface area (Å²) in [5.74, 6) is 0.842. The monoisotopic (exact) mass is 355 g/mol. The minimum Gasteiger partial charge on any atom is -0.493 e. The second kappa shape index (κ2) is 8.04. The highest BCUT2D eigenvalue weighted by atomic mass is 19.1. The summed E-state index contributed by atoms with van der Waals surface area (Å²) in [4.78, 5) is 14.7. The molecule has 4 nitrogen and oxygen atoms in total. The molecular formula is C21H22FNO3. The van der Waals surface area contributed by atoms with E-state index in [4.69, 9.17) is 9.47 Å². The van der Waals surface area contributed by atoms with Crippen LogP contribution in [0.5, 0.6) is 11.5 Å². The van der Waals surface area contributed by atoms with Gasteiger partial charge in [-0.2, -0.15) is 0 Å². The molecule has 0 radical (unpaired) electrons. The Labute approximate surface area is 152 Å². The minimum atomic E-state index is -0.290.